The molecule has 2 fully saturated rings. The molecule has 204 valence electrons. The Hall–Kier alpha value is -4.11. The summed E-state index contributed by atoms with van der Waals surface area (Å²) >= 11 is 0. The third kappa shape index (κ3) is 6.31. The number of ether oxygens (including phenoxy) is 1. The molecule has 39 heavy (non-hydrogen) atoms. The zero-order valence-corrected chi connectivity index (χ0v) is 22.4. The molecule has 1 amide bonds. The van der Waals surface area contributed by atoms with Gasteiger partial charge in [0.1, 0.15) is 11.4 Å². The number of anilines is 2. The molecule has 0 aliphatic carbocycles. The van der Waals surface area contributed by atoms with Crippen molar-refractivity contribution in [2.75, 3.05) is 68.8 Å². The molecule has 9 nitrogen and oxygen atoms in total. The number of nitro groups is 1. The van der Waals surface area contributed by atoms with Crippen LogP contribution >= 0.6 is 0 Å². The van der Waals surface area contributed by atoms with Crippen molar-refractivity contribution in [1.82, 2.24) is 9.80 Å². The summed E-state index contributed by atoms with van der Waals surface area (Å²) in [5.41, 5.74) is 3.69. The Balaban J connectivity index is 1.22. The number of nitrogens with zero attached hydrogens (tertiary/aromatic N) is 5. The average Bonchev–Trinajstić information content (AvgIpc) is 2.98. The number of carbonyl (C=O) groups is 1. The molecule has 2 aliphatic heterocycles. The molecule has 0 aromatic heterocycles. The van der Waals surface area contributed by atoms with Crippen molar-refractivity contribution in [2.24, 2.45) is 0 Å². The van der Waals surface area contributed by atoms with E-state index in [0.29, 0.717) is 44.0 Å². The summed E-state index contributed by atoms with van der Waals surface area (Å²) in [6.45, 7) is 9.11. The Bertz CT molecular complexity index is 1270. The van der Waals surface area contributed by atoms with Crippen molar-refractivity contribution in [2.45, 2.75) is 13.5 Å². The average molecular weight is 530 g/mol. The van der Waals surface area contributed by atoms with Gasteiger partial charge < -0.3 is 19.4 Å². The number of hydrogen-bond donors (Lipinski definition) is 0. The number of amides is 1. The molecule has 5 rings (SSSR count). The molecule has 3 aromatic carbocycles. The van der Waals surface area contributed by atoms with Crippen LogP contribution in [-0.4, -0.2) is 79.6 Å². The molecule has 0 spiro atoms. The van der Waals surface area contributed by atoms with Crippen LogP contribution in [0.2, 0.25) is 0 Å². The number of rotatable bonds is 8. The molecule has 2 saturated heterocycles. The largest absolute Gasteiger partial charge is 0.494 e. The quantitative estimate of drug-likeness (QED) is 0.318. The van der Waals surface area contributed by atoms with Gasteiger partial charge in [-0.2, -0.15) is 0 Å². The standard InChI is InChI=1S/C30H35N5O4/c1-2-39-27-11-8-25(9-12-27)30(36)34-20-18-32(19-21-34)26-10-13-28(35(37)38)29(22-26)33-16-14-31(15-17-33)23-24-6-4-3-5-7-24/h3-13,22H,2,14-21,23H2,1H3. The van der Waals surface area contributed by atoms with Crippen molar-refractivity contribution in [1.29, 1.82) is 0 Å². The second-order valence-electron chi connectivity index (χ2n) is 9.92. The van der Waals surface area contributed by atoms with Crippen LogP contribution in [0.3, 0.4) is 0 Å². The van der Waals surface area contributed by atoms with Crippen LogP contribution < -0.4 is 14.5 Å². The molecular formula is C30H35N5O4. The van der Waals surface area contributed by atoms with Crippen LogP contribution in [-0.2, 0) is 6.54 Å². The Kier molecular flexibility index (Phi) is 8.27. The highest BCUT2D eigenvalue weighted by atomic mass is 16.6. The highest BCUT2D eigenvalue weighted by Crippen LogP contribution is 2.34. The van der Waals surface area contributed by atoms with Crippen LogP contribution in [0.5, 0.6) is 5.75 Å². The Morgan fingerprint density at radius 1 is 0.846 bits per heavy atom. The number of nitro benzene ring substituents is 1. The SMILES string of the molecule is CCOc1ccc(C(=O)N2CCN(c3ccc([N+](=O)[O-])c(N4CCN(Cc5ccccc5)CC4)c3)CC2)cc1. The fraction of sp³-hybridized carbons (Fsp3) is 0.367. The normalized spacial score (nSPS) is 16.3. The zero-order chi connectivity index (χ0) is 27.2. The lowest BCUT2D eigenvalue weighted by atomic mass is 10.1. The Morgan fingerprint density at radius 2 is 1.51 bits per heavy atom. The van der Waals surface area contributed by atoms with E-state index in [1.165, 1.54) is 5.56 Å². The fourth-order valence-corrected chi connectivity index (χ4v) is 5.32. The lowest BCUT2D eigenvalue weighted by molar-refractivity contribution is -0.384. The fourth-order valence-electron chi connectivity index (χ4n) is 5.32. The first-order chi connectivity index (χ1) is 19.0. The van der Waals surface area contributed by atoms with Crippen molar-refractivity contribution < 1.29 is 14.5 Å². The van der Waals surface area contributed by atoms with E-state index in [-0.39, 0.29) is 16.5 Å². The van der Waals surface area contributed by atoms with Gasteiger partial charge >= 0.3 is 0 Å². The lowest BCUT2D eigenvalue weighted by Crippen LogP contribution is -2.49. The summed E-state index contributed by atoms with van der Waals surface area (Å²) in [5, 5.41) is 11.9. The number of benzene rings is 3. The Morgan fingerprint density at radius 3 is 2.15 bits per heavy atom. The van der Waals surface area contributed by atoms with Crippen molar-refractivity contribution >= 4 is 23.0 Å². The van der Waals surface area contributed by atoms with Gasteiger partial charge in [-0.05, 0) is 48.9 Å². The van der Waals surface area contributed by atoms with Crippen LogP contribution in [0.15, 0.2) is 72.8 Å². The van der Waals surface area contributed by atoms with Gasteiger partial charge in [0.15, 0.2) is 0 Å². The van der Waals surface area contributed by atoms with Gasteiger partial charge in [-0.25, -0.2) is 0 Å². The first kappa shape index (κ1) is 26.5. The summed E-state index contributed by atoms with van der Waals surface area (Å²) in [7, 11) is 0. The van der Waals surface area contributed by atoms with Crippen LogP contribution in [0, 0.1) is 10.1 Å². The molecule has 0 atom stereocenters. The van der Waals surface area contributed by atoms with Gasteiger partial charge in [-0.1, -0.05) is 30.3 Å². The minimum absolute atomic E-state index is 0.00969. The van der Waals surface area contributed by atoms with Gasteiger partial charge in [0, 0.05) is 76.2 Å². The highest BCUT2D eigenvalue weighted by molar-refractivity contribution is 5.94. The molecule has 2 aliphatic rings. The maximum Gasteiger partial charge on any atom is 0.292 e. The molecule has 9 heteroatoms. The summed E-state index contributed by atoms with van der Waals surface area (Å²) in [6, 6.07) is 23.1. The monoisotopic (exact) mass is 529 g/mol. The van der Waals surface area contributed by atoms with E-state index in [9.17, 15) is 14.9 Å². The van der Waals surface area contributed by atoms with E-state index in [0.717, 1.165) is 44.2 Å². The molecule has 0 radical (unpaired) electrons. The smallest absolute Gasteiger partial charge is 0.292 e. The van der Waals surface area contributed by atoms with Crippen molar-refractivity contribution in [3.63, 3.8) is 0 Å². The summed E-state index contributed by atoms with van der Waals surface area (Å²) < 4.78 is 5.48. The second-order valence-corrected chi connectivity index (χ2v) is 9.92. The molecule has 0 bridgehead atoms. The van der Waals surface area contributed by atoms with Gasteiger partial charge in [0.2, 0.25) is 0 Å². The molecule has 2 heterocycles. The predicted molar refractivity (Wildman–Crippen MR) is 153 cm³/mol. The summed E-state index contributed by atoms with van der Waals surface area (Å²) in [5.74, 6) is 0.765. The van der Waals surface area contributed by atoms with Crippen LogP contribution in [0.1, 0.15) is 22.8 Å². The summed E-state index contributed by atoms with van der Waals surface area (Å²) in [6.07, 6.45) is 0. The highest BCUT2D eigenvalue weighted by Gasteiger charge is 2.27. The van der Waals surface area contributed by atoms with E-state index in [2.05, 4.69) is 39.0 Å². The molecule has 0 unspecified atom stereocenters. The second kappa shape index (κ2) is 12.2. The van der Waals surface area contributed by atoms with Gasteiger partial charge in [0.25, 0.3) is 11.6 Å². The van der Waals surface area contributed by atoms with Crippen LogP contribution in [0.4, 0.5) is 17.1 Å². The zero-order valence-electron chi connectivity index (χ0n) is 22.4. The number of carbonyl (C=O) groups excluding carboxylic acids is 1. The minimum atomic E-state index is -0.289. The Labute approximate surface area is 229 Å². The topological polar surface area (TPSA) is 82.4 Å². The molecular weight excluding hydrogens is 494 g/mol. The maximum absolute atomic E-state index is 13.0. The van der Waals surface area contributed by atoms with Gasteiger partial charge in [0.05, 0.1) is 11.5 Å². The lowest BCUT2D eigenvalue weighted by Gasteiger charge is -2.38. The third-order valence-corrected chi connectivity index (χ3v) is 7.46. The van der Waals surface area contributed by atoms with Crippen molar-refractivity contribution in [3.8, 4) is 5.75 Å². The molecule has 0 N–H and O–H groups in total. The van der Waals surface area contributed by atoms with Crippen molar-refractivity contribution in [3.05, 3.63) is 94.0 Å². The number of hydrogen-bond acceptors (Lipinski definition) is 7. The summed E-state index contributed by atoms with van der Waals surface area (Å²) in [4.78, 5) is 33.2. The van der Waals surface area contributed by atoms with E-state index < -0.39 is 0 Å². The van der Waals surface area contributed by atoms with E-state index in [4.69, 9.17) is 4.74 Å². The van der Waals surface area contributed by atoms with E-state index in [1.54, 1.807) is 6.07 Å². The van der Waals surface area contributed by atoms with E-state index >= 15 is 0 Å². The first-order valence-corrected chi connectivity index (χ1v) is 13.6. The van der Waals surface area contributed by atoms with E-state index in [1.807, 2.05) is 54.3 Å². The molecule has 0 saturated carbocycles. The predicted octanol–water partition coefficient (Wildman–Crippen LogP) is 4.28. The minimum Gasteiger partial charge on any atom is -0.494 e. The van der Waals surface area contributed by atoms with Gasteiger partial charge in [-0.3, -0.25) is 19.8 Å². The maximum atomic E-state index is 13.0. The first-order valence-electron chi connectivity index (χ1n) is 13.6. The number of piperazine rings is 2. The molecule has 3 aromatic rings. The third-order valence-electron chi connectivity index (χ3n) is 7.46. The van der Waals surface area contributed by atoms with Crippen LogP contribution in [0.25, 0.3) is 0 Å². The van der Waals surface area contributed by atoms with Gasteiger partial charge in [-0.15, -0.1) is 0 Å².